The Balaban J connectivity index is 1.87. The predicted molar refractivity (Wildman–Crippen MR) is 93.1 cm³/mol. The first-order chi connectivity index (χ1) is 12.1. The third-order valence-electron chi connectivity index (χ3n) is 4.49. The molecule has 0 fully saturated rings. The summed E-state index contributed by atoms with van der Waals surface area (Å²) in [5, 5.41) is 12.5. The quantitative estimate of drug-likeness (QED) is 0.311. The minimum Gasteiger partial charge on any atom is -0.355 e. The van der Waals surface area contributed by atoms with E-state index in [4.69, 9.17) is 0 Å². The highest BCUT2D eigenvalue weighted by Crippen LogP contribution is 2.28. The summed E-state index contributed by atoms with van der Waals surface area (Å²) in [6.07, 6.45) is 7.95. The van der Waals surface area contributed by atoms with Crippen LogP contribution in [-0.2, 0) is 9.59 Å². The van der Waals surface area contributed by atoms with E-state index in [0.29, 0.717) is 12.1 Å². The van der Waals surface area contributed by atoms with Crippen LogP contribution in [0.1, 0.15) is 73.7 Å². The summed E-state index contributed by atoms with van der Waals surface area (Å²) >= 11 is 0. The third kappa shape index (κ3) is 4.66. The molecule has 1 atom stereocenters. The second kappa shape index (κ2) is 9.32. The van der Waals surface area contributed by atoms with Crippen molar-refractivity contribution in [3.63, 3.8) is 0 Å². The average Bonchev–Trinajstić information content (AvgIpc) is 2.62. The highest BCUT2D eigenvalue weighted by atomic mass is 16.5. The van der Waals surface area contributed by atoms with Gasteiger partial charge in [-0.05, 0) is 18.1 Å². The second-order valence-corrected chi connectivity index (χ2v) is 6.39. The van der Waals surface area contributed by atoms with Gasteiger partial charge in [-0.1, -0.05) is 63.6 Å². The molecule has 0 aliphatic carbocycles. The van der Waals surface area contributed by atoms with Crippen molar-refractivity contribution in [3.05, 3.63) is 35.4 Å². The number of carbonyl (C=O) groups is 3. The highest BCUT2D eigenvalue weighted by molar-refractivity contribution is 6.18. The molecular formula is C19H26N2O4. The number of rotatable bonds is 9. The normalized spacial score (nSPS) is 16.7. The van der Waals surface area contributed by atoms with Gasteiger partial charge in [-0.15, -0.1) is 0 Å². The third-order valence-corrected chi connectivity index (χ3v) is 4.49. The van der Waals surface area contributed by atoms with E-state index in [1.165, 1.54) is 31.7 Å². The minimum atomic E-state index is -1.18. The Bertz CT molecular complexity index is 630. The number of hydroxylamine groups is 2. The number of fused-ring (bicyclic) bond motifs is 1. The van der Waals surface area contributed by atoms with E-state index in [1.54, 1.807) is 18.2 Å². The van der Waals surface area contributed by atoms with Gasteiger partial charge < -0.3 is 5.32 Å². The molecule has 0 saturated heterocycles. The molecule has 1 aliphatic heterocycles. The summed E-state index contributed by atoms with van der Waals surface area (Å²) in [5.41, 5.74) is 0.528. The number of unbranched alkanes of at least 4 members (excludes halogenated alkanes) is 6. The molecule has 1 aliphatic rings. The fraction of sp³-hybridized carbons (Fsp3) is 0.526. The maximum atomic E-state index is 12.4. The van der Waals surface area contributed by atoms with Gasteiger partial charge in [-0.3, -0.25) is 19.6 Å². The Morgan fingerprint density at radius 1 is 1.08 bits per heavy atom. The molecular weight excluding hydrogens is 320 g/mol. The van der Waals surface area contributed by atoms with Gasteiger partial charge in [0.2, 0.25) is 5.91 Å². The Kier molecular flexibility index (Phi) is 7.13. The van der Waals surface area contributed by atoms with Crippen LogP contribution >= 0.6 is 0 Å². The van der Waals surface area contributed by atoms with E-state index in [-0.39, 0.29) is 10.6 Å². The highest BCUT2D eigenvalue weighted by Gasteiger charge is 2.42. The van der Waals surface area contributed by atoms with Crippen molar-refractivity contribution in [3.8, 4) is 0 Å². The number of hydrogen-bond donors (Lipinski definition) is 2. The smallest absolute Gasteiger partial charge is 0.284 e. The molecule has 1 heterocycles. The predicted octanol–water partition coefficient (Wildman–Crippen LogP) is 3.01. The van der Waals surface area contributed by atoms with Crippen molar-refractivity contribution in [1.29, 1.82) is 0 Å². The zero-order valence-corrected chi connectivity index (χ0v) is 14.7. The lowest BCUT2D eigenvalue weighted by molar-refractivity contribution is -0.158. The van der Waals surface area contributed by atoms with Gasteiger partial charge in [0.15, 0.2) is 0 Å². The molecule has 0 bridgehead atoms. The molecule has 1 aromatic rings. The first-order valence-electron chi connectivity index (χ1n) is 9.01. The maximum Gasteiger partial charge on any atom is 0.284 e. The molecule has 25 heavy (non-hydrogen) atoms. The molecule has 6 heteroatoms. The number of carbonyl (C=O) groups excluding carboxylic acids is 3. The van der Waals surface area contributed by atoms with Gasteiger partial charge in [0, 0.05) is 12.1 Å². The number of nitrogens with one attached hydrogen (secondary N) is 1. The van der Waals surface area contributed by atoms with Crippen LogP contribution in [0.2, 0.25) is 0 Å². The van der Waals surface area contributed by atoms with Crippen molar-refractivity contribution in [2.45, 2.75) is 57.8 Å². The lowest BCUT2D eigenvalue weighted by Gasteiger charge is -2.27. The molecule has 3 amide bonds. The van der Waals surface area contributed by atoms with Crippen LogP contribution in [0.4, 0.5) is 0 Å². The summed E-state index contributed by atoms with van der Waals surface area (Å²) < 4.78 is 0. The van der Waals surface area contributed by atoms with Gasteiger partial charge in [0.05, 0.1) is 0 Å². The van der Waals surface area contributed by atoms with Gasteiger partial charge in [0.1, 0.15) is 5.92 Å². The Morgan fingerprint density at radius 3 is 2.44 bits per heavy atom. The van der Waals surface area contributed by atoms with Crippen LogP contribution in [0.3, 0.4) is 0 Å². The summed E-state index contributed by atoms with van der Waals surface area (Å²) in [6, 6.07) is 6.39. The minimum absolute atomic E-state index is 0.0420. The fourth-order valence-corrected chi connectivity index (χ4v) is 3.06. The molecule has 1 unspecified atom stereocenters. The van der Waals surface area contributed by atoms with Crippen LogP contribution in [-0.4, -0.2) is 34.5 Å². The summed E-state index contributed by atoms with van der Waals surface area (Å²) in [5.74, 6) is -3.35. The van der Waals surface area contributed by atoms with Gasteiger partial charge in [-0.2, -0.15) is 5.06 Å². The SMILES string of the molecule is CCCCCCCCCNC(=O)C1C(=O)N(O)C(=O)c2ccccc21. The molecule has 0 spiro atoms. The number of hydrogen-bond acceptors (Lipinski definition) is 4. The zero-order chi connectivity index (χ0) is 18.2. The van der Waals surface area contributed by atoms with E-state index < -0.39 is 23.6 Å². The van der Waals surface area contributed by atoms with Crippen molar-refractivity contribution in [2.75, 3.05) is 6.54 Å². The first kappa shape index (κ1) is 19.1. The van der Waals surface area contributed by atoms with Crippen molar-refractivity contribution in [2.24, 2.45) is 0 Å². The fourth-order valence-electron chi connectivity index (χ4n) is 3.06. The number of nitrogens with zero attached hydrogens (tertiary/aromatic N) is 1. The number of benzene rings is 1. The van der Waals surface area contributed by atoms with Crippen molar-refractivity contribution >= 4 is 17.7 Å². The monoisotopic (exact) mass is 346 g/mol. The largest absolute Gasteiger partial charge is 0.355 e. The van der Waals surface area contributed by atoms with Gasteiger partial charge >= 0.3 is 0 Å². The Labute approximate surface area is 148 Å². The molecule has 2 rings (SSSR count). The molecule has 0 saturated carbocycles. The average molecular weight is 346 g/mol. The van der Waals surface area contributed by atoms with Crippen LogP contribution in [0.15, 0.2) is 24.3 Å². The van der Waals surface area contributed by atoms with Crippen LogP contribution in [0.5, 0.6) is 0 Å². The molecule has 136 valence electrons. The molecule has 0 aromatic heterocycles. The first-order valence-corrected chi connectivity index (χ1v) is 9.01. The standard InChI is InChI=1S/C19H26N2O4/c1-2-3-4-5-6-7-10-13-20-17(22)16-14-11-8-9-12-15(14)18(23)21(25)19(16)24/h8-9,11-12,16,25H,2-7,10,13H2,1H3,(H,20,22). The molecule has 1 aromatic carbocycles. The zero-order valence-electron chi connectivity index (χ0n) is 14.7. The Morgan fingerprint density at radius 2 is 1.72 bits per heavy atom. The lowest BCUT2D eigenvalue weighted by Crippen LogP contribution is -2.47. The summed E-state index contributed by atoms with van der Waals surface area (Å²) in [7, 11) is 0. The van der Waals surface area contributed by atoms with E-state index in [9.17, 15) is 19.6 Å². The number of amides is 3. The van der Waals surface area contributed by atoms with E-state index in [2.05, 4.69) is 12.2 Å². The Hall–Kier alpha value is -2.21. The van der Waals surface area contributed by atoms with Crippen molar-refractivity contribution < 1.29 is 19.6 Å². The lowest BCUT2D eigenvalue weighted by atomic mass is 9.88. The van der Waals surface area contributed by atoms with Crippen LogP contribution in [0, 0.1) is 0 Å². The van der Waals surface area contributed by atoms with Gasteiger partial charge in [0.25, 0.3) is 11.8 Å². The maximum absolute atomic E-state index is 12.4. The summed E-state index contributed by atoms with van der Waals surface area (Å²) in [4.78, 5) is 36.5. The topological polar surface area (TPSA) is 86.7 Å². The molecule has 0 radical (unpaired) electrons. The van der Waals surface area contributed by atoms with E-state index >= 15 is 0 Å². The second-order valence-electron chi connectivity index (χ2n) is 6.39. The van der Waals surface area contributed by atoms with Crippen LogP contribution < -0.4 is 5.32 Å². The van der Waals surface area contributed by atoms with Crippen LogP contribution in [0.25, 0.3) is 0 Å². The molecule has 2 N–H and O–H groups in total. The molecule has 6 nitrogen and oxygen atoms in total. The van der Waals surface area contributed by atoms with Gasteiger partial charge in [-0.25, -0.2) is 0 Å². The van der Waals surface area contributed by atoms with Crippen molar-refractivity contribution in [1.82, 2.24) is 10.4 Å². The summed E-state index contributed by atoms with van der Waals surface area (Å²) in [6.45, 7) is 2.67. The van der Waals surface area contributed by atoms with E-state index in [1.807, 2.05) is 0 Å². The van der Waals surface area contributed by atoms with E-state index in [0.717, 1.165) is 19.3 Å². The number of imide groups is 1.